The first kappa shape index (κ1) is 19.1. The van der Waals surface area contributed by atoms with Gasteiger partial charge in [0.2, 0.25) is 0 Å². The molecular formula is C18H19ClN2O3S. The highest BCUT2D eigenvalue weighted by molar-refractivity contribution is 7.80. The Morgan fingerprint density at radius 3 is 2.76 bits per heavy atom. The topological polar surface area (TPSA) is 58.6 Å². The summed E-state index contributed by atoms with van der Waals surface area (Å²) in [6.07, 6.45) is 3.92. The summed E-state index contributed by atoms with van der Waals surface area (Å²) in [5.41, 5.74) is 0.605. The molecule has 132 valence electrons. The third-order valence-corrected chi connectivity index (χ3v) is 4.29. The van der Waals surface area contributed by atoms with E-state index in [1.807, 2.05) is 13.8 Å². The fourth-order valence-electron chi connectivity index (χ4n) is 2.16. The lowest BCUT2D eigenvalue weighted by atomic mass is 10.1. The van der Waals surface area contributed by atoms with Gasteiger partial charge in [-0.1, -0.05) is 30.7 Å². The molecule has 1 aromatic carbocycles. The van der Waals surface area contributed by atoms with Gasteiger partial charge in [-0.3, -0.25) is 19.8 Å². The molecule has 2 rings (SSSR count). The smallest absolute Gasteiger partial charge is 0.265 e. The van der Waals surface area contributed by atoms with E-state index in [2.05, 4.69) is 11.9 Å². The van der Waals surface area contributed by atoms with Gasteiger partial charge in [-0.15, -0.1) is 6.58 Å². The molecule has 1 aliphatic heterocycles. The molecule has 1 aliphatic rings. The molecule has 0 bridgehead atoms. The highest BCUT2D eigenvalue weighted by Gasteiger charge is 2.32. The summed E-state index contributed by atoms with van der Waals surface area (Å²) < 4.78 is 5.71. The number of carbonyl (C=O) groups excluding carboxylic acids is 2. The van der Waals surface area contributed by atoms with Crippen molar-refractivity contribution in [2.75, 3.05) is 6.54 Å². The van der Waals surface area contributed by atoms with Crippen LogP contribution in [0.5, 0.6) is 5.75 Å². The van der Waals surface area contributed by atoms with Gasteiger partial charge < -0.3 is 4.74 Å². The summed E-state index contributed by atoms with van der Waals surface area (Å²) in [5.74, 6) is -0.442. The number of hydrogen-bond acceptors (Lipinski definition) is 4. The van der Waals surface area contributed by atoms with Gasteiger partial charge in [0.1, 0.15) is 11.3 Å². The number of ether oxygens (including phenoxy) is 1. The van der Waals surface area contributed by atoms with Gasteiger partial charge in [-0.05, 0) is 49.3 Å². The number of nitrogens with zero attached hydrogens (tertiary/aromatic N) is 1. The Kier molecular flexibility index (Phi) is 6.33. The fourth-order valence-corrected chi connectivity index (χ4v) is 2.64. The van der Waals surface area contributed by atoms with Crippen LogP contribution in [0.3, 0.4) is 0 Å². The molecule has 2 amide bonds. The van der Waals surface area contributed by atoms with E-state index >= 15 is 0 Å². The second-order valence-electron chi connectivity index (χ2n) is 5.55. The highest BCUT2D eigenvalue weighted by atomic mass is 35.5. The molecule has 0 aliphatic carbocycles. The van der Waals surface area contributed by atoms with Crippen LogP contribution in [0, 0.1) is 0 Å². The second kappa shape index (κ2) is 8.27. The molecule has 1 N–H and O–H groups in total. The van der Waals surface area contributed by atoms with Crippen LogP contribution >= 0.6 is 23.8 Å². The third kappa shape index (κ3) is 4.46. The van der Waals surface area contributed by atoms with E-state index in [0.717, 1.165) is 6.42 Å². The van der Waals surface area contributed by atoms with E-state index in [0.29, 0.717) is 16.3 Å². The number of benzene rings is 1. The van der Waals surface area contributed by atoms with Crippen molar-refractivity contribution in [3.63, 3.8) is 0 Å². The molecule has 0 radical (unpaired) electrons. The standard InChI is InChI=1S/C18H19ClN2O3S/c1-4-8-21-17(23)13(16(22)20-18(21)25)9-12-6-7-15(14(19)10-12)24-11(3)5-2/h4,6-7,9-11H,1,5,8H2,2-3H3,(H,20,22,25). The highest BCUT2D eigenvalue weighted by Crippen LogP contribution is 2.28. The maximum atomic E-state index is 12.5. The summed E-state index contributed by atoms with van der Waals surface area (Å²) in [6, 6.07) is 5.11. The van der Waals surface area contributed by atoms with Crippen molar-refractivity contribution in [1.29, 1.82) is 0 Å². The molecule has 1 unspecified atom stereocenters. The summed E-state index contributed by atoms with van der Waals surface area (Å²) in [4.78, 5) is 25.9. The summed E-state index contributed by atoms with van der Waals surface area (Å²) in [7, 11) is 0. The van der Waals surface area contributed by atoms with Crippen molar-refractivity contribution >= 4 is 46.8 Å². The van der Waals surface area contributed by atoms with Gasteiger partial charge in [-0.2, -0.15) is 0 Å². The van der Waals surface area contributed by atoms with E-state index < -0.39 is 11.8 Å². The van der Waals surface area contributed by atoms with Gasteiger partial charge in [0.15, 0.2) is 5.11 Å². The predicted molar refractivity (Wildman–Crippen MR) is 102 cm³/mol. The van der Waals surface area contributed by atoms with Crippen LogP contribution in [0.2, 0.25) is 5.02 Å². The van der Waals surface area contributed by atoms with Crippen LogP contribution < -0.4 is 10.1 Å². The number of amides is 2. The molecule has 1 fully saturated rings. The zero-order chi connectivity index (χ0) is 18.6. The lowest BCUT2D eigenvalue weighted by Crippen LogP contribution is -2.53. The molecule has 0 saturated carbocycles. The molecule has 5 nitrogen and oxygen atoms in total. The molecule has 7 heteroatoms. The molecule has 25 heavy (non-hydrogen) atoms. The Hall–Kier alpha value is -2.18. The van der Waals surface area contributed by atoms with Gasteiger partial charge >= 0.3 is 0 Å². The number of thiocarbonyl (C=S) groups is 1. The quantitative estimate of drug-likeness (QED) is 0.357. The summed E-state index contributed by atoms with van der Waals surface area (Å²) in [5, 5.41) is 2.98. The summed E-state index contributed by atoms with van der Waals surface area (Å²) >= 11 is 11.3. The van der Waals surface area contributed by atoms with Gasteiger partial charge in [-0.25, -0.2) is 0 Å². The number of hydrogen-bond donors (Lipinski definition) is 1. The maximum Gasteiger partial charge on any atom is 0.265 e. The van der Waals surface area contributed by atoms with Crippen LogP contribution in [0.25, 0.3) is 6.08 Å². The normalized spacial score (nSPS) is 17.5. The van der Waals surface area contributed by atoms with Gasteiger partial charge in [0, 0.05) is 6.54 Å². The Bertz CT molecular complexity index is 761. The van der Waals surface area contributed by atoms with Crippen molar-refractivity contribution < 1.29 is 14.3 Å². The lowest BCUT2D eigenvalue weighted by Gasteiger charge is -2.27. The molecule has 1 atom stereocenters. The van der Waals surface area contributed by atoms with Gasteiger partial charge in [0.25, 0.3) is 11.8 Å². The van der Waals surface area contributed by atoms with Crippen molar-refractivity contribution in [2.24, 2.45) is 0 Å². The Morgan fingerprint density at radius 1 is 1.44 bits per heavy atom. The van der Waals surface area contributed by atoms with Crippen LogP contribution in [-0.2, 0) is 9.59 Å². The first-order valence-corrected chi connectivity index (χ1v) is 8.62. The average Bonchev–Trinajstić information content (AvgIpc) is 2.57. The molecule has 0 spiro atoms. The lowest BCUT2D eigenvalue weighted by molar-refractivity contribution is -0.128. The Labute approximate surface area is 157 Å². The Balaban J connectivity index is 2.30. The van der Waals surface area contributed by atoms with Crippen LogP contribution in [0.1, 0.15) is 25.8 Å². The van der Waals surface area contributed by atoms with E-state index in [1.165, 1.54) is 17.1 Å². The Morgan fingerprint density at radius 2 is 2.16 bits per heavy atom. The largest absolute Gasteiger partial charge is 0.489 e. The average molecular weight is 379 g/mol. The van der Waals surface area contributed by atoms with Crippen molar-refractivity contribution in [1.82, 2.24) is 10.2 Å². The van der Waals surface area contributed by atoms with Crippen LogP contribution in [0.4, 0.5) is 0 Å². The minimum absolute atomic E-state index is 0.0119. The van der Waals surface area contributed by atoms with E-state index in [9.17, 15) is 9.59 Å². The SMILES string of the molecule is C=CCN1C(=O)C(=Cc2ccc(OC(C)CC)c(Cl)c2)C(=O)NC1=S. The molecule has 1 saturated heterocycles. The van der Waals surface area contributed by atoms with Crippen LogP contribution in [0.15, 0.2) is 36.4 Å². The number of nitrogens with one attached hydrogen (secondary N) is 1. The monoisotopic (exact) mass is 378 g/mol. The fraction of sp³-hybridized carbons (Fsp3) is 0.278. The van der Waals surface area contributed by atoms with E-state index in [1.54, 1.807) is 18.2 Å². The predicted octanol–water partition coefficient (Wildman–Crippen LogP) is 3.33. The number of carbonyl (C=O) groups is 2. The van der Waals surface area contributed by atoms with Crippen molar-refractivity contribution in [3.05, 3.63) is 47.0 Å². The minimum atomic E-state index is -0.536. The maximum absolute atomic E-state index is 12.5. The minimum Gasteiger partial charge on any atom is -0.489 e. The zero-order valence-electron chi connectivity index (χ0n) is 14.0. The molecule has 1 aromatic rings. The third-order valence-electron chi connectivity index (χ3n) is 3.67. The van der Waals surface area contributed by atoms with E-state index in [-0.39, 0.29) is 23.3 Å². The van der Waals surface area contributed by atoms with Crippen molar-refractivity contribution in [3.8, 4) is 5.75 Å². The van der Waals surface area contributed by atoms with E-state index in [4.69, 9.17) is 28.6 Å². The zero-order valence-corrected chi connectivity index (χ0v) is 15.6. The van der Waals surface area contributed by atoms with Crippen molar-refractivity contribution in [2.45, 2.75) is 26.4 Å². The second-order valence-corrected chi connectivity index (χ2v) is 6.34. The molecule has 0 aromatic heterocycles. The first-order chi connectivity index (χ1) is 11.9. The molecule has 1 heterocycles. The van der Waals surface area contributed by atoms with Gasteiger partial charge in [0.05, 0.1) is 11.1 Å². The van der Waals surface area contributed by atoms with Crippen LogP contribution in [-0.4, -0.2) is 34.5 Å². The molecular weight excluding hydrogens is 360 g/mol. The number of rotatable bonds is 6. The first-order valence-electron chi connectivity index (χ1n) is 7.83. The number of halogens is 1. The summed E-state index contributed by atoms with van der Waals surface area (Å²) in [6.45, 7) is 7.78.